The van der Waals surface area contributed by atoms with E-state index in [0.717, 1.165) is 15.1 Å². The van der Waals surface area contributed by atoms with Crippen LogP contribution in [0.15, 0.2) is 24.3 Å². The normalized spacial score (nSPS) is 11.0. The van der Waals surface area contributed by atoms with E-state index in [1.807, 2.05) is 13.0 Å². The highest BCUT2D eigenvalue weighted by molar-refractivity contribution is 7.18. The van der Waals surface area contributed by atoms with Crippen LogP contribution in [0.2, 0.25) is 5.28 Å². The molecule has 0 bridgehead atoms. The predicted molar refractivity (Wildman–Crippen MR) is 81.6 cm³/mol. The Hall–Kier alpha value is -1.72. The summed E-state index contributed by atoms with van der Waals surface area (Å²) in [6, 6.07) is 6.95. The van der Waals surface area contributed by atoms with E-state index >= 15 is 0 Å². The van der Waals surface area contributed by atoms with Crippen LogP contribution in [0.1, 0.15) is 10.4 Å². The highest BCUT2D eigenvalue weighted by Crippen LogP contribution is 2.31. The molecule has 0 unspecified atom stereocenters. The Morgan fingerprint density at radius 3 is 2.75 bits per heavy atom. The van der Waals surface area contributed by atoms with Crippen molar-refractivity contribution in [2.45, 2.75) is 13.8 Å². The summed E-state index contributed by atoms with van der Waals surface area (Å²) in [6.45, 7) is 3.72. The topological polar surface area (TPSA) is 37.8 Å². The lowest BCUT2D eigenvalue weighted by atomic mass is 10.2. The molecule has 3 aromatic rings. The molecule has 1 N–H and O–H groups in total. The van der Waals surface area contributed by atoms with Gasteiger partial charge in [0.1, 0.15) is 16.5 Å². The van der Waals surface area contributed by atoms with Crippen LogP contribution in [-0.4, -0.2) is 9.97 Å². The number of anilines is 2. The fourth-order valence-electron chi connectivity index (χ4n) is 1.92. The van der Waals surface area contributed by atoms with Gasteiger partial charge in [0.25, 0.3) is 0 Å². The number of nitrogens with zero attached hydrogens (tertiary/aromatic N) is 2. The Bertz CT molecular complexity index is 800. The maximum absolute atomic E-state index is 13.6. The molecule has 0 aliphatic carbocycles. The average molecular weight is 308 g/mol. The van der Waals surface area contributed by atoms with E-state index in [1.165, 1.54) is 6.07 Å². The molecule has 3 nitrogen and oxygen atoms in total. The second-order valence-electron chi connectivity index (χ2n) is 4.51. The number of fused-ring (bicyclic) bond motifs is 1. The summed E-state index contributed by atoms with van der Waals surface area (Å²) in [5.41, 5.74) is 1.24. The number of hydrogen-bond acceptors (Lipinski definition) is 4. The first-order chi connectivity index (χ1) is 9.52. The summed E-state index contributed by atoms with van der Waals surface area (Å²) < 4.78 is 13.6. The molecule has 2 heterocycles. The fourth-order valence-corrected chi connectivity index (χ4v) is 3.02. The van der Waals surface area contributed by atoms with E-state index in [0.29, 0.717) is 17.1 Å². The molecule has 20 heavy (non-hydrogen) atoms. The molecule has 0 spiro atoms. The lowest BCUT2D eigenvalue weighted by molar-refractivity contribution is 0.619. The van der Waals surface area contributed by atoms with Gasteiger partial charge in [-0.05, 0) is 49.2 Å². The molecule has 6 heteroatoms. The minimum absolute atomic E-state index is 0.175. The first-order valence-corrected chi connectivity index (χ1v) is 7.19. The smallest absolute Gasteiger partial charge is 0.225 e. The van der Waals surface area contributed by atoms with Gasteiger partial charge in [-0.25, -0.2) is 9.37 Å². The second-order valence-corrected chi connectivity index (χ2v) is 6.08. The molecule has 3 rings (SSSR count). The lowest BCUT2D eigenvalue weighted by Gasteiger charge is -2.08. The summed E-state index contributed by atoms with van der Waals surface area (Å²) >= 11 is 7.47. The minimum Gasteiger partial charge on any atom is -0.339 e. The Morgan fingerprint density at radius 2 is 2.00 bits per heavy atom. The molecule has 0 aliphatic rings. The quantitative estimate of drug-likeness (QED) is 0.688. The van der Waals surface area contributed by atoms with Gasteiger partial charge < -0.3 is 5.32 Å². The second kappa shape index (κ2) is 5.00. The maximum Gasteiger partial charge on any atom is 0.225 e. The van der Waals surface area contributed by atoms with Gasteiger partial charge in [-0.15, -0.1) is 11.3 Å². The van der Waals surface area contributed by atoms with Crippen molar-refractivity contribution in [3.63, 3.8) is 0 Å². The number of hydrogen-bond donors (Lipinski definition) is 1. The zero-order chi connectivity index (χ0) is 14.3. The molecule has 0 amide bonds. The fraction of sp³-hybridized carbons (Fsp3) is 0.143. The van der Waals surface area contributed by atoms with Gasteiger partial charge in [-0.2, -0.15) is 4.98 Å². The standard InChI is InChI=1S/C14H11ClFN3S/c1-7-3-4-9(6-11(7)16)17-12-10-5-8(2)20-13(10)19-14(15)18-12/h3-6H,1-2H3,(H,17,18,19). The van der Waals surface area contributed by atoms with Crippen molar-refractivity contribution in [3.8, 4) is 0 Å². The van der Waals surface area contributed by atoms with Crippen molar-refractivity contribution in [2.24, 2.45) is 0 Å². The minimum atomic E-state index is -0.257. The summed E-state index contributed by atoms with van der Waals surface area (Å²) in [6.07, 6.45) is 0. The first-order valence-electron chi connectivity index (χ1n) is 6.00. The summed E-state index contributed by atoms with van der Waals surface area (Å²) in [5.74, 6) is 0.334. The van der Waals surface area contributed by atoms with E-state index in [9.17, 15) is 4.39 Å². The van der Waals surface area contributed by atoms with Gasteiger partial charge in [0.05, 0.1) is 5.39 Å². The summed E-state index contributed by atoms with van der Waals surface area (Å²) in [4.78, 5) is 10.3. The van der Waals surface area contributed by atoms with E-state index in [-0.39, 0.29) is 11.1 Å². The predicted octanol–water partition coefficient (Wildman–Crippen LogP) is 4.84. The number of aromatic nitrogens is 2. The SMILES string of the molecule is Cc1cc2c(Nc3ccc(C)c(F)c3)nc(Cl)nc2s1. The zero-order valence-electron chi connectivity index (χ0n) is 10.9. The summed E-state index contributed by atoms with van der Waals surface area (Å²) in [7, 11) is 0. The molecular formula is C14H11ClFN3S. The number of thiophene rings is 1. The van der Waals surface area contributed by atoms with Crippen LogP contribution >= 0.6 is 22.9 Å². The van der Waals surface area contributed by atoms with Gasteiger partial charge in [-0.1, -0.05) is 6.07 Å². The van der Waals surface area contributed by atoms with E-state index < -0.39 is 0 Å². The lowest BCUT2D eigenvalue weighted by Crippen LogP contribution is -1.97. The Morgan fingerprint density at radius 1 is 1.20 bits per heavy atom. The number of benzene rings is 1. The Balaban J connectivity index is 2.07. The van der Waals surface area contributed by atoms with Crippen molar-refractivity contribution in [1.29, 1.82) is 0 Å². The van der Waals surface area contributed by atoms with Crippen LogP contribution in [0.25, 0.3) is 10.2 Å². The molecule has 1 aromatic carbocycles. The van der Waals surface area contributed by atoms with Crippen LogP contribution in [0.3, 0.4) is 0 Å². The number of nitrogens with one attached hydrogen (secondary N) is 1. The monoisotopic (exact) mass is 307 g/mol. The molecule has 2 aromatic heterocycles. The van der Waals surface area contributed by atoms with Crippen LogP contribution in [0.5, 0.6) is 0 Å². The zero-order valence-corrected chi connectivity index (χ0v) is 12.4. The maximum atomic E-state index is 13.6. The highest BCUT2D eigenvalue weighted by Gasteiger charge is 2.10. The largest absolute Gasteiger partial charge is 0.339 e. The van der Waals surface area contributed by atoms with Crippen molar-refractivity contribution < 1.29 is 4.39 Å². The molecule has 0 radical (unpaired) electrons. The molecule has 0 saturated heterocycles. The molecule has 0 aliphatic heterocycles. The average Bonchev–Trinajstić information content (AvgIpc) is 2.74. The van der Waals surface area contributed by atoms with Crippen molar-refractivity contribution in [1.82, 2.24) is 9.97 Å². The van der Waals surface area contributed by atoms with E-state index in [2.05, 4.69) is 15.3 Å². The highest BCUT2D eigenvalue weighted by atomic mass is 35.5. The van der Waals surface area contributed by atoms with Crippen LogP contribution in [-0.2, 0) is 0 Å². The molecule has 0 atom stereocenters. The third-order valence-electron chi connectivity index (χ3n) is 2.92. The molecule has 0 saturated carbocycles. The Kier molecular flexibility index (Phi) is 3.31. The number of aryl methyl sites for hydroxylation is 2. The summed E-state index contributed by atoms with van der Waals surface area (Å²) in [5, 5.41) is 4.16. The van der Waals surface area contributed by atoms with Crippen molar-refractivity contribution >= 4 is 44.7 Å². The molecule has 102 valence electrons. The number of rotatable bonds is 2. The first kappa shape index (κ1) is 13.3. The van der Waals surface area contributed by atoms with Crippen LogP contribution in [0.4, 0.5) is 15.9 Å². The van der Waals surface area contributed by atoms with Gasteiger partial charge >= 0.3 is 0 Å². The van der Waals surface area contributed by atoms with Gasteiger partial charge in [0.15, 0.2) is 0 Å². The third kappa shape index (κ3) is 2.46. The van der Waals surface area contributed by atoms with Gasteiger partial charge in [-0.3, -0.25) is 0 Å². The van der Waals surface area contributed by atoms with Gasteiger partial charge in [0, 0.05) is 10.6 Å². The van der Waals surface area contributed by atoms with Crippen LogP contribution in [0, 0.1) is 19.7 Å². The van der Waals surface area contributed by atoms with E-state index in [4.69, 9.17) is 11.6 Å². The third-order valence-corrected chi connectivity index (χ3v) is 4.04. The van der Waals surface area contributed by atoms with Crippen LogP contribution < -0.4 is 5.32 Å². The van der Waals surface area contributed by atoms with Crippen molar-refractivity contribution in [3.05, 3.63) is 45.8 Å². The molecular weight excluding hydrogens is 297 g/mol. The molecule has 0 fully saturated rings. The Labute approximate surface area is 124 Å². The van der Waals surface area contributed by atoms with Crippen molar-refractivity contribution in [2.75, 3.05) is 5.32 Å². The van der Waals surface area contributed by atoms with Gasteiger partial charge in [0.2, 0.25) is 5.28 Å². The number of halogens is 2. The van der Waals surface area contributed by atoms with E-state index in [1.54, 1.807) is 30.4 Å².